The second kappa shape index (κ2) is 5.19. The summed E-state index contributed by atoms with van der Waals surface area (Å²) in [5.41, 5.74) is 1.84. The van der Waals surface area contributed by atoms with Gasteiger partial charge in [0, 0.05) is 5.56 Å². The minimum atomic E-state index is -0.375. The van der Waals surface area contributed by atoms with Gasteiger partial charge in [-0.15, -0.1) is 0 Å². The Hall–Kier alpha value is -1.87. The summed E-state index contributed by atoms with van der Waals surface area (Å²) in [5.74, 6) is -0.688. The maximum Gasteiger partial charge on any atom is 0.255 e. The third-order valence-electron chi connectivity index (χ3n) is 2.57. The Labute approximate surface area is 109 Å². The number of halogens is 2. The quantitative estimate of drug-likeness (QED) is 0.870. The zero-order valence-electron chi connectivity index (χ0n) is 9.71. The molecule has 2 aromatic rings. The summed E-state index contributed by atoms with van der Waals surface area (Å²) in [6.07, 6.45) is 0. The number of nitrogens with one attached hydrogen (secondary N) is 1. The summed E-state index contributed by atoms with van der Waals surface area (Å²) in [6.45, 7) is 1.85. The summed E-state index contributed by atoms with van der Waals surface area (Å²) >= 11 is 6.01. The van der Waals surface area contributed by atoms with Gasteiger partial charge in [0.15, 0.2) is 0 Å². The Morgan fingerprint density at radius 3 is 2.44 bits per heavy atom. The van der Waals surface area contributed by atoms with E-state index in [0.717, 1.165) is 5.56 Å². The van der Waals surface area contributed by atoms with Crippen molar-refractivity contribution >= 4 is 23.2 Å². The first-order chi connectivity index (χ1) is 8.58. The van der Waals surface area contributed by atoms with Crippen LogP contribution in [0.15, 0.2) is 42.5 Å². The Bertz CT molecular complexity index is 561. The van der Waals surface area contributed by atoms with E-state index in [-0.39, 0.29) is 11.7 Å². The maximum absolute atomic E-state index is 12.8. The van der Waals surface area contributed by atoms with Crippen LogP contribution in [0.5, 0.6) is 0 Å². The van der Waals surface area contributed by atoms with Crippen LogP contribution in [-0.2, 0) is 0 Å². The molecule has 2 rings (SSSR count). The first-order valence-electron chi connectivity index (χ1n) is 5.40. The molecule has 4 heteroatoms. The third-order valence-corrected chi connectivity index (χ3v) is 2.88. The number of hydrogen-bond acceptors (Lipinski definition) is 1. The zero-order valence-corrected chi connectivity index (χ0v) is 10.5. The van der Waals surface area contributed by atoms with Gasteiger partial charge >= 0.3 is 0 Å². The highest BCUT2D eigenvalue weighted by atomic mass is 35.5. The van der Waals surface area contributed by atoms with Gasteiger partial charge in [-0.25, -0.2) is 4.39 Å². The Morgan fingerprint density at radius 1 is 1.17 bits per heavy atom. The van der Waals surface area contributed by atoms with Crippen molar-refractivity contribution in [2.24, 2.45) is 0 Å². The van der Waals surface area contributed by atoms with E-state index < -0.39 is 0 Å². The van der Waals surface area contributed by atoms with Crippen LogP contribution >= 0.6 is 11.6 Å². The SMILES string of the molecule is Cc1cccc(Cl)c1NC(=O)c1ccc(F)cc1. The lowest BCUT2D eigenvalue weighted by atomic mass is 10.1. The minimum Gasteiger partial charge on any atom is -0.320 e. The molecule has 92 valence electrons. The number of amides is 1. The van der Waals surface area contributed by atoms with Gasteiger partial charge in [-0.1, -0.05) is 23.7 Å². The van der Waals surface area contributed by atoms with Gasteiger partial charge in [0.2, 0.25) is 0 Å². The highest BCUT2D eigenvalue weighted by molar-refractivity contribution is 6.34. The van der Waals surface area contributed by atoms with Crippen molar-refractivity contribution in [3.05, 3.63) is 64.4 Å². The van der Waals surface area contributed by atoms with E-state index >= 15 is 0 Å². The molecular formula is C14H11ClFNO. The van der Waals surface area contributed by atoms with E-state index in [1.807, 2.05) is 19.1 Å². The van der Waals surface area contributed by atoms with Gasteiger partial charge in [0.05, 0.1) is 10.7 Å². The predicted octanol–water partition coefficient (Wildman–Crippen LogP) is 4.04. The normalized spacial score (nSPS) is 10.2. The Balaban J connectivity index is 2.24. The first kappa shape index (κ1) is 12.6. The Morgan fingerprint density at radius 2 is 1.83 bits per heavy atom. The summed E-state index contributed by atoms with van der Waals surface area (Å²) < 4.78 is 12.8. The number of hydrogen-bond donors (Lipinski definition) is 1. The average molecular weight is 264 g/mol. The number of carbonyl (C=O) groups excluding carboxylic acids is 1. The summed E-state index contributed by atoms with van der Waals surface area (Å²) in [7, 11) is 0. The van der Waals surface area contributed by atoms with E-state index in [1.165, 1.54) is 24.3 Å². The van der Waals surface area contributed by atoms with Crippen molar-refractivity contribution in [2.75, 3.05) is 5.32 Å². The molecule has 0 spiro atoms. The lowest BCUT2D eigenvalue weighted by Crippen LogP contribution is -2.13. The molecule has 0 saturated carbocycles. The molecule has 0 fully saturated rings. The fraction of sp³-hybridized carbons (Fsp3) is 0.0714. The van der Waals surface area contributed by atoms with E-state index in [2.05, 4.69) is 5.32 Å². The summed E-state index contributed by atoms with van der Waals surface area (Å²) in [6, 6.07) is 10.7. The molecule has 0 atom stereocenters. The second-order valence-electron chi connectivity index (χ2n) is 3.89. The fourth-order valence-corrected chi connectivity index (χ4v) is 1.85. The van der Waals surface area contributed by atoms with Crippen LogP contribution in [0.4, 0.5) is 10.1 Å². The van der Waals surface area contributed by atoms with Crippen LogP contribution in [0.25, 0.3) is 0 Å². The lowest BCUT2D eigenvalue weighted by molar-refractivity contribution is 0.102. The molecule has 2 nitrogen and oxygen atoms in total. The van der Waals surface area contributed by atoms with Crippen LogP contribution in [0.3, 0.4) is 0 Å². The number of para-hydroxylation sites is 1. The molecule has 0 radical (unpaired) electrons. The predicted molar refractivity (Wildman–Crippen MR) is 70.5 cm³/mol. The van der Waals surface area contributed by atoms with Gasteiger partial charge in [-0.3, -0.25) is 4.79 Å². The molecular weight excluding hydrogens is 253 g/mol. The van der Waals surface area contributed by atoms with E-state index in [1.54, 1.807) is 6.07 Å². The molecule has 0 aliphatic rings. The van der Waals surface area contributed by atoms with Crippen LogP contribution in [0, 0.1) is 12.7 Å². The van der Waals surface area contributed by atoms with Crippen LogP contribution in [0.1, 0.15) is 15.9 Å². The molecule has 0 bridgehead atoms. The number of aryl methyl sites for hydroxylation is 1. The van der Waals surface area contributed by atoms with Gasteiger partial charge in [-0.05, 0) is 42.8 Å². The monoisotopic (exact) mass is 263 g/mol. The molecule has 0 aliphatic heterocycles. The largest absolute Gasteiger partial charge is 0.320 e. The van der Waals surface area contributed by atoms with Crippen LogP contribution in [0.2, 0.25) is 5.02 Å². The second-order valence-corrected chi connectivity index (χ2v) is 4.30. The van der Waals surface area contributed by atoms with Gasteiger partial charge in [-0.2, -0.15) is 0 Å². The molecule has 2 aromatic carbocycles. The maximum atomic E-state index is 12.8. The van der Waals surface area contributed by atoms with Gasteiger partial charge in [0.25, 0.3) is 5.91 Å². The molecule has 1 amide bonds. The van der Waals surface area contributed by atoms with Crippen molar-refractivity contribution in [2.45, 2.75) is 6.92 Å². The van der Waals surface area contributed by atoms with Gasteiger partial charge < -0.3 is 5.32 Å². The van der Waals surface area contributed by atoms with Crippen LogP contribution in [-0.4, -0.2) is 5.91 Å². The smallest absolute Gasteiger partial charge is 0.255 e. The highest BCUT2D eigenvalue weighted by Crippen LogP contribution is 2.25. The fourth-order valence-electron chi connectivity index (χ4n) is 1.58. The first-order valence-corrected chi connectivity index (χ1v) is 5.78. The topological polar surface area (TPSA) is 29.1 Å². The molecule has 0 heterocycles. The highest BCUT2D eigenvalue weighted by Gasteiger charge is 2.10. The standard InChI is InChI=1S/C14H11ClFNO/c1-9-3-2-4-12(15)13(9)17-14(18)10-5-7-11(16)8-6-10/h2-8H,1H3,(H,17,18). The minimum absolute atomic E-state index is 0.314. The van der Waals surface area contributed by atoms with E-state index in [4.69, 9.17) is 11.6 Å². The average Bonchev–Trinajstić information content (AvgIpc) is 2.34. The Kier molecular flexibility index (Phi) is 3.63. The molecule has 0 unspecified atom stereocenters. The molecule has 1 N–H and O–H groups in total. The van der Waals surface area contributed by atoms with Crippen molar-refractivity contribution < 1.29 is 9.18 Å². The molecule has 0 aliphatic carbocycles. The van der Waals surface area contributed by atoms with Crippen LogP contribution < -0.4 is 5.32 Å². The molecule has 0 aromatic heterocycles. The molecule has 18 heavy (non-hydrogen) atoms. The van der Waals surface area contributed by atoms with Gasteiger partial charge in [0.1, 0.15) is 5.82 Å². The van der Waals surface area contributed by atoms with Crippen molar-refractivity contribution in [3.63, 3.8) is 0 Å². The number of anilines is 1. The van der Waals surface area contributed by atoms with Crippen molar-refractivity contribution in [1.29, 1.82) is 0 Å². The summed E-state index contributed by atoms with van der Waals surface area (Å²) in [5, 5.41) is 3.20. The van der Waals surface area contributed by atoms with Crippen molar-refractivity contribution in [1.82, 2.24) is 0 Å². The van der Waals surface area contributed by atoms with E-state index in [0.29, 0.717) is 16.3 Å². The summed E-state index contributed by atoms with van der Waals surface area (Å²) in [4.78, 5) is 11.9. The van der Waals surface area contributed by atoms with E-state index in [9.17, 15) is 9.18 Å². The van der Waals surface area contributed by atoms with Crippen molar-refractivity contribution in [3.8, 4) is 0 Å². The molecule has 0 saturated heterocycles. The third kappa shape index (κ3) is 2.68. The number of rotatable bonds is 2. The number of carbonyl (C=O) groups is 1. The number of benzene rings is 2. The lowest BCUT2D eigenvalue weighted by Gasteiger charge is -2.10. The zero-order chi connectivity index (χ0) is 13.1.